The fraction of sp³-hybridized carbons (Fsp3) is 0.682. The zero-order valence-corrected chi connectivity index (χ0v) is 17.8. The van der Waals surface area contributed by atoms with E-state index in [2.05, 4.69) is 13.8 Å². The first kappa shape index (κ1) is 19.9. The maximum atomic E-state index is 13.6. The van der Waals surface area contributed by atoms with Crippen molar-refractivity contribution in [2.24, 2.45) is 16.7 Å². The van der Waals surface area contributed by atoms with Crippen LogP contribution in [0.25, 0.3) is 0 Å². The maximum absolute atomic E-state index is 13.6. The number of fused-ring (bicyclic) bond motifs is 1. The molecule has 2 aliphatic carbocycles. The van der Waals surface area contributed by atoms with Crippen molar-refractivity contribution in [1.29, 1.82) is 0 Å². The zero-order chi connectivity index (χ0) is 20.3. The van der Waals surface area contributed by atoms with Gasteiger partial charge in [-0.15, -0.1) is 0 Å². The Hall–Kier alpha value is -1.43. The van der Waals surface area contributed by atoms with Crippen molar-refractivity contribution in [2.75, 3.05) is 5.75 Å². The molecule has 3 fully saturated rings. The topological polar surface area (TPSA) is 54.5 Å². The second kappa shape index (κ2) is 6.54. The highest BCUT2D eigenvalue weighted by Gasteiger charge is 2.72. The van der Waals surface area contributed by atoms with E-state index in [1.54, 1.807) is 12.1 Å². The molecule has 2 saturated carbocycles. The van der Waals surface area contributed by atoms with Crippen LogP contribution in [0.2, 0.25) is 0 Å². The van der Waals surface area contributed by atoms with Crippen molar-refractivity contribution in [3.8, 4) is 0 Å². The number of hydrogen-bond acceptors (Lipinski definition) is 3. The standard InChI is InChI=1S/C22H30FNO3S/c1-4-5-6-18(15-7-9-17(23)10-8-15)20(25)24-19-13-16-11-12-22(19,21(16,2)3)14-28(24,26)27/h7-10,16,18-19H,4-6,11-14H2,1-3H3/t16?,18-,19?,22?/m0/s1. The van der Waals surface area contributed by atoms with Crippen molar-refractivity contribution in [3.05, 3.63) is 35.6 Å². The monoisotopic (exact) mass is 407 g/mol. The van der Waals surface area contributed by atoms with E-state index < -0.39 is 15.9 Å². The molecule has 2 bridgehead atoms. The van der Waals surface area contributed by atoms with E-state index in [1.807, 2.05) is 6.92 Å². The minimum absolute atomic E-state index is 0.0610. The maximum Gasteiger partial charge on any atom is 0.243 e. The molecule has 4 atom stereocenters. The Morgan fingerprint density at radius 3 is 2.57 bits per heavy atom. The van der Waals surface area contributed by atoms with E-state index in [0.29, 0.717) is 17.9 Å². The third kappa shape index (κ3) is 2.66. The summed E-state index contributed by atoms with van der Waals surface area (Å²) in [6, 6.07) is 5.72. The summed E-state index contributed by atoms with van der Waals surface area (Å²) in [5.74, 6) is -0.640. The molecule has 4 rings (SSSR count). The molecule has 1 saturated heterocycles. The molecule has 1 amide bonds. The van der Waals surface area contributed by atoms with Crippen LogP contribution in [-0.4, -0.2) is 30.4 Å². The molecule has 3 unspecified atom stereocenters. The van der Waals surface area contributed by atoms with Gasteiger partial charge in [0.1, 0.15) is 5.82 Å². The van der Waals surface area contributed by atoms with Crippen LogP contribution in [0.3, 0.4) is 0 Å². The molecule has 0 radical (unpaired) electrons. The molecule has 1 aliphatic heterocycles. The molecule has 6 heteroatoms. The second-order valence-electron chi connectivity index (χ2n) is 9.50. The fourth-order valence-electron chi connectivity index (χ4n) is 6.27. The molecule has 0 aromatic heterocycles. The third-order valence-electron chi connectivity index (χ3n) is 8.05. The fourth-order valence-corrected chi connectivity index (χ4v) is 8.84. The summed E-state index contributed by atoms with van der Waals surface area (Å²) in [4.78, 5) is 13.6. The number of unbranched alkanes of at least 4 members (excludes halogenated alkanes) is 1. The molecule has 1 aromatic rings. The molecule has 28 heavy (non-hydrogen) atoms. The second-order valence-corrected chi connectivity index (χ2v) is 11.3. The normalized spacial score (nSPS) is 33.1. The Morgan fingerprint density at radius 1 is 1.29 bits per heavy atom. The predicted octanol–water partition coefficient (Wildman–Crippen LogP) is 4.47. The van der Waals surface area contributed by atoms with E-state index in [0.717, 1.165) is 32.1 Å². The van der Waals surface area contributed by atoms with Crippen LogP contribution in [0.5, 0.6) is 0 Å². The quantitative estimate of drug-likeness (QED) is 0.724. The predicted molar refractivity (Wildman–Crippen MR) is 107 cm³/mol. The number of amides is 1. The van der Waals surface area contributed by atoms with Gasteiger partial charge in [-0.2, -0.15) is 0 Å². The van der Waals surface area contributed by atoms with E-state index >= 15 is 0 Å². The van der Waals surface area contributed by atoms with Crippen LogP contribution in [0.1, 0.15) is 70.8 Å². The minimum Gasteiger partial charge on any atom is -0.273 e. The minimum atomic E-state index is -3.64. The van der Waals surface area contributed by atoms with Gasteiger partial charge in [0.2, 0.25) is 15.9 Å². The van der Waals surface area contributed by atoms with Gasteiger partial charge in [0.25, 0.3) is 0 Å². The van der Waals surface area contributed by atoms with Crippen LogP contribution in [0, 0.1) is 22.6 Å². The Bertz CT molecular complexity index is 880. The van der Waals surface area contributed by atoms with Gasteiger partial charge in [0.15, 0.2) is 0 Å². The molecule has 0 N–H and O–H groups in total. The summed E-state index contributed by atoms with van der Waals surface area (Å²) in [6.45, 7) is 6.41. The van der Waals surface area contributed by atoms with Gasteiger partial charge in [-0.3, -0.25) is 4.79 Å². The molecular formula is C22H30FNO3S. The number of sulfonamides is 1. The van der Waals surface area contributed by atoms with Crippen LogP contribution < -0.4 is 0 Å². The highest BCUT2D eigenvalue weighted by Crippen LogP contribution is 2.70. The summed E-state index contributed by atoms with van der Waals surface area (Å²) >= 11 is 0. The van der Waals surface area contributed by atoms with Gasteiger partial charge in [-0.25, -0.2) is 17.1 Å². The first-order valence-corrected chi connectivity index (χ1v) is 12.1. The van der Waals surface area contributed by atoms with E-state index in [-0.39, 0.29) is 34.3 Å². The number of hydrogen-bond donors (Lipinski definition) is 0. The number of rotatable bonds is 5. The largest absolute Gasteiger partial charge is 0.273 e. The molecule has 1 heterocycles. The van der Waals surface area contributed by atoms with Crippen LogP contribution in [-0.2, 0) is 14.8 Å². The summed E-state index contributed by atoms with van der Waals surface area (Å²) in [5, 5.41) is 0. The van der Waals surface area contributed by atoms with E-state index in [4.69, 9.17) is 0 Å². The molecule has 1 aromatic carbocycles. The number of halogens is 1. The molecule has 3 aliphatic rings. The van der Waals surface area contributed by atoms with Crippen LogP contribution >= 0.6 is 0 Å². The highest BCUT2D eigenvalue weighted by atomic mass is 32.2. The van der Waals surface area contributed by atoms with E-state index in [1.165, 1.54) is 16.4 Å². The first-order valence-electron chi connectivity index (χ1n) is 10.5. The number of carbonyl (C=O) groups is 1. The van der Waals surface area contributed by atoms with Gasteiger partial charge in [0.05, 0.1) is 17.7 Å². The van der Waals surface area contributed by atoms with Crippen molar-refractivity contribution in [1.82, 2.24) is 4.31 Å². The molecule has 4 nitrogen and oxygen atoms in total. The SMILES string of the molecule is CCCC[C@H](C(=O)N1C2CC3CCC2(CS1(=O)=O)C3(C)C)c1ccc(F)cc1. The van der Waals surface area contributed by atoms with Crippen molar-refractivity contribution in [3.63, 3.8) is 0 Å². The Morgan fingerprint density at radius 2 is 1.96 bits per heavy atom. The molecule has 154 valence electrons. The average Bonchev–Trinajstić information content (AvgIpc) is 3.10. The molecule has 1 spiro atoms. The van der Waals surface area contributed by atoms with Gasteiger partial charge in [-0.05, 0) is 54.7 Å². The summed E-state index contributed by atoms with van der Waals surface area (Å²) < 4.78 is 41.1. The van der Waals surface area contributed by atoms with Gasteiger partial charge in [-0.1, -0.05) is 45.7 Å². The number of nitrogens with zero attached hydrogens (tertiary/aromatic N) is 1. The lowest BCUT2D eigenvalue weighted by molar-refractivity contribution is -0.130. The lowest BCUT2D eigenvalue weighted by Crippen LogP contribution is -2.45. The first-order chi connectivity index (χ1) is 13.1. The number of benzene rings is 1. The van der Waals surface area contributed by atoms with Gasteiger partial charge in [0, 0.05) is 5.41 Å². The van der Waals surface area contributed by atoms with Crippen LogP contribution in [0.4, 0.5) is 4.39 Å². The Labute approximate surface area is 167 Å². The van der Waals surface area contributed by atoms with Gasteiger partial charge < -0.3 is 0 Å². The Kier molecular flexibility index (Phi) is 4.64. The lowest BCUT2D eigenvalue weighted by atomic mass is 9.69. The summed E-state index contributed by atoms with van der Waals surface area (Å²) in [5.41, 5.74) is 0.331. The van der Waals surface area contributed by atoms with Gasteiger partial charge >= 0.3 is 0 Å². The molecular weight excluding hydrogens is 377 g/mol. The third-order valence-corrected chi connectivity index (χ3v) is 9.96. The van der Waals surface area contributed by atoms with E-state index in [9.17, 15) is 17.6 Å². The lowest BCUT2D eigenvalue weighted by Gasteiger charge is -2.37. The van der Waals surface area contributed by atoms with Crippen LogP contribution in [0.15, 0.2) is 24.3 Å². The van der Waals surface area contributed by atoms with Crippen molar-refractivity contribution < 1.29 is 17.6 Å². The zero-order valence-electron chi connectivity index (χ0n) is 16.9. The summed E-state index contributed by atoms with van der Waals surface area (Å²) in [7, 11) is -3.64. The smallest absolute Gasteiger partial charge is 0.243 e. The Balaban J connectivity index is 1.71. The number of carbonyl (C=O) groups excluding carboxylic acids is 1. The average molecular weight is 408 g/mol. The summed E-state index contributed by atoms with van der Waals surface area (Å²) in [6.07, 6.45) is 5.04. The highest BCUT2D eigenvalue weighted by molar-refractivity contribution is 7.90. The van der Waals surface area contributed by atoms with Crippen molar-refractivity contribution >= 4 is 15.9 Å². The van der Waals surface area contributed by atoms with Crippen molar-refractivity contribution in [2.45, 2.75) is 71.3 Å².